The third-order valence-electron chi connectivity index (χ3n) is 18.1. The Kier molecular flexibility index (Phi) is 9.60. The van der Waals surface area contributed by atoms with Gasteiger partial charge in [0.1, 0.15) is 0 Å². The second kappa shape index (κ2) is 16.6. The van der Waals surface area contributed by atoms with Crippen molar-refractivity contribution in [1.82, 2.24) is 28.7 Å². The SMILES string of the molecule is CCc1ccccc1-c1cc2c3ccccc3n(-c3nc(-c4cccc(-n5c6ccccc6c6cc7c(cc65)C(C)(C)c5ccccc5-7)c4)nc(-n4c5ccccc5c5cc6c(cc54)C(C)(C)c4ccccc4-6)n3)c2cc1CC. The van der Waals surface area contributed by atoms with Crippen molar-refractivity contribution in [2.45, 2.75) is 65.2 Å². The topological polar surface area (TPSA) is 53.5 Å². The maximum atomic E-state index is 5.69. The van der Waals surface area contributed by atoms with Gasteiger partial charge >= 0.3 is 0 Å². The standard InChI is InChI=1S/C73H56N6/c1-7-43-22-9-10-25-47(43)53-38-56-51-29-14-19-34-64(51)78(66(56)37-44(53)8-2)70-74-69(75-71(76-70)79-65-35-20-15-30-52(65)58-40-55-49-27-12-17-32-60(49)73(5,6)62(55)42-68(58)79)45-23-21-24-46(36-45)77-63-33-18-13-28-50(63)57-39-54-48-26-11-16-31-59(48)72(3,4)61(54)41-67(57)77/h9-42H,7-8H2,1-6H3. The zero-order chi connectivity index (χ0) is 53.1. The molecule has 2 aliphatic carbocycles. The molecule has 6 heteroatoms. The maximum Gasteiger partial charge on any atom is 0.240 e. The number of benzene rings is 10. The molecule has 4 heterocycles. The molecule has 0 spiro atoms. The number of hydrogen-bond acceptors (Lipinski definition) is 3. The summed E-state index contributed by atoms with van der Waals surface area (Å²) < 4.78 is 7.02. The average molecular weight is 1020 g/mol. The van der Waals surface area contributed by atoms with Crippen molar-refractivity contribution in [3.8, 4) is 62.4 Å². The van der Waals surface area contributed by atoms with Crippen LogP contribution in [0.15, 0.2) is 206 Å². The van der Waals surface area contributed by atoms with Crippen LogP contribution in [0.2, 0.25) is 0 Å². The summed E-state index contributed by atoms with van der Waals surface area (Å²) in [6.45, 7) is 13.9. The lowest BCUT2D eigenvalue weighted by atomic mass is 9.82. The van der Waals surface area contributed by atoms with Gasteiger partial charge in [0.05, 0.1) is 33.1 Å². The molecule has 378 valence electrons. The van der Waals surface area contributed by atoms with Gasteiger partial charge in [-0.3, -0.25) is 9.13 Å². The Bertz CT molecular complexity index is 4940. The van der Waals surface area contributed by atoms with E-state index in [-0.39, 0.29) is 10.8 Å². The molecule has 10 aromatic carbocycles. The van der Waals surface area contributed by atoms with E-state index in [1.165, 1.54) is 88.4 Å². The van der Waals surface area contributed by atoms with Crippen molar-refractivity contribution in [3.63, 3.8) is 0 Å². The fraction of sp³-hybridized carbons (Fsp3) is 0.137. The highest BCUT2D eigenvalue weighted by Gasteiger charge is 2.38. The molecule has 4 aromatic heterocycles. The van der Waals surface area contributed by atoms with Gasteiger partial charge in [-0.05, 0) is 146 Å². The van der Waals surface area contributed by atoms with Crippen LogP contribution in [0, 0.1) is 0 Å². The minimum absolute atomic E-state index is 0.153. The number of nitrogens with zero attached hydrogens (tertiary/aromatic N) is 6. The first kappa shape index (κ1) is 45.8. The first-order chi connectivity index (χ1) is 38.6. The van der Waals surface area contributed by atoms with Gasteiger partial charge in [-0.15, -0.1) is 0 Å². The summed E-state index contributed by atoms with van der Waals surface area (Å²) in [5.41, 5.74) is 23.9. The summed E-state index contributed by atoms with van der Waals surface area (Å²) in [7, 11) is 0. The molecule has 0 aliphatic heterocycles. The molecule has 0 bridgehead atoms. The fourth-order valence-electron chi connectivity index (χ4n) is 14.2. The van der Waals surface area contributed by atoms with Crippen LogP contribution < -0.4 is 0 Å². The van der Waals surface area contributed by atoms with E-state index in [2.05, 4.69) is 262 Å². The summed E-state index contributed by atoms with van der Waals surface area (Å²) >= 11 is 0. The van der Waals surface area contributed by atoms with Gasteiger partial charge in [-0.25, -0.2) is 0 Å². The lowest BCUT2D eigenvalue weighted by Gasteiger charge is -2.21. The molecular weight excluding hydrogens is 961 g/mol. The van der Waals surface area contributed by atoms with Crippen LogP contribution in [0.4, 0.5) is 0 Å². The van der Waals surface area contributed by atoms with Gasteiger partial charge in [0.2, 0.25) is 11.9 Å². The Hall–Kier alpha value is -9.39. The van der Waals surface area contributed by atoms with Gasteiger partial charge in [-0.1, -0.05) is 181 Å². The number of fused-ring (bicyclic) bond motifs is 15. The van der Waals surface area contributed by atoms with E-state index in [1.807, 2.05) is 0 Å². The predicted octanol–water partition coefficient (Wildman–Crippen LogP) is 18.2. The molecule has 0 fully saturated rings. The van der Waals surface area contributed by atoms with Crippen LogP contribution >= 0.6 is 0 Å². The molecule has 79 heavy (non-hydrogen) atoms. The van der Waals surface area contributed by atoms with Crippen LogP contribution in [-0.4, -0.2) is 28.7 Å². The van der Waals surface area contributed by atoms with Crippen molar-refractivity contribution < 1.29 is 0 Å². The summed E-state index contributed by atoms with van der Waals surface area (Å²) in [6, 6.07) is 76.4. The largest absolute Gasteiger partial charge is 0.309 e. The Morgan fingerprint density at radius 1 is 0.316 bits per heavy atom. The second-order valence-electron chi connectivity index (χ2n) is 22.9. The quantitative estimate of drug-likeness (QED) is 0.160. The van der Waals surface area contributed by atoms with Gasteiger partial charge in [0.25, 0.3) is 0 Å². The molecule has 16 rings (SSSR count). The van der Waals surface area contributed by atoms with Crippen LogP contribution in [0.1, 0.15) is 74.9 Å². The van der Waals surface area contributed by atoms with Crippen LogP contribution in [-0.2, 0) is 23.7 Å². The van der Waals surface area contributed by atoms with Crippen molar-refractivity contribution in [2.75, 3.05) is 0 Å². The fourth-order valence-corrected chi connectivity index (χ4v) is 14.2. The third kappa shape index (κ3) is 6.37. The summed E-state index contributed by atoms with van der Waals surface area (Å²) in [5, 5.41) is 7.10. The highest BCUT2D eigenvalue weighted by atomic mass is 15.3. The molecule has 0 saturated carbocycles. The zero-order valence-corrected chi connectivity index (χ0v) is 45.2. The highest BCUT2D eigenvalue weighted by molar-refractivity contribution is 6.14. The second-order valence-corrected chi connectivity index (χ2v) is 22.9. The van der Waals surface area contributed by atoms with E-state index in [0.29, 0.717) is 17.7 Å². The zero-order valence-electron chi connectivity index (χ0n) is 45.2. The first-order valence-corrected chi connectivity index (χ1v) is 28.0. The van der Waals surface area contributed by atoms with E-state index in [4.69, 9.17) is 15.0 Å². The minimum atomic E-state index is -0.208. The lowest BCUT2D eigenvalue weighted by Crippen LogP contribution is -2.15. The third-order valence-corrected chi connectivity index (χ3v) is 18.1. The van der Waals surface area contributed by atoms with E-state index < -0.39 is 0 Å². The highest BCUT2D eigenvalue weighted by Crippen LogP contribution is 2.53. The average Bonchev–Trinajstić information content (AvgIpc) is 4.44. The molecule has 0 radical (unpaired) electrons. The van der Waals surface area contributed by atoms with Crippen molar-refractivity contribution >= 4 is 65.4 Å². The number of rotatable bonds is 7. The molecule has 0 unspecified atom stereocenters. The van der Waals surface area contributed by atoms with Gasteiger partial charge < -0.3 is 4.57 Å². The molecule has 0 N–H and O–H groups in total. The molecule has 0 atom stereocenters. The maximum absolute atomic E-state index is 5.69. The van der Waals surface area contributed by atoms with Gasteiger partial charge in [-0.2, -0.15) is 15.0 Å². The Labute approximate surface area is 458 Å². The summed E-state index contributed by atoms with van der Waals surface area (Å²) in [5.74, 6) is 1.72. The van der Waals surface area contributed by atoms with E-state index in [1.54, 1.807) is 0 Å². The predicted molar refractivity (Wildman–Crippen MR) is 328 cm³/mol. The smallest absolute Gasteiger partial charge is 0.240 e. The molecule has 0 saturated heterocycles. The number of para-hydroxylation sites is 3. The minimum Gasteiger partial charge on any atom is -0.309 e. The van der Waals surface area contributed by atoms with Crippen LogP contribution in [0.25, 0.3) is 128 Å². The molecule has 0 amide bonds. The van der Waals surface area contributed by atoms with Crippen LogP contribution in [0.3, 0.4) is 0 Å². The number of hydrogen-bond donors (Lipinski definition) is 0. The Morgan fingerprint density at radius 2 is 0.759 bits per heavy atom. The van der Waals surface area contributed by atoms with Crippen molar-refractivity contribution in [1.29, 1.82) is 0 Å². The lowest BCUT2D eigenvalue weighted by molar-refractivity contribution is 0.661. The Morgan fingerprint density at radius 3 is 1.30 bits per heavy atom. The van der Waals surface area contributed by atoms with Gasteiger partial charge in [0.15, 0.2) is 5.82 Å². The van der Waals surface area contributed by atoms with Crippen molar-refractivity contribution in [2.24, 2.45) is 0 Å². The monoisotopic (exact) mass is 1020 g/mol. The molecular formula is C73H56N6. The summed E-state index contributed by atoms with van der Waals surface area (Å²) in [6.07, 6.45) is 1.83. The number of aromatic nitrogens is 6. The number of aryl methyl sites for hydroxylation is 2. The van der Waals surface area contributed by atoms with E-state index in [9.17, 15) is 0 Å². The van der Waals surface area contributed by atoms with E-state index in [0.717, 1.165) is 67.8 Å². The van der Waals surface area contributed by atoms with Crippen LogP contribution in [0.5, 0.6) is 0 Å². The van der Waals surface area contributed by atoms with E-state index >= 15 is 0 Å². The molecule has 2 aliphatic rings. The molecule has 14 aromatic rings. The summed E-state index contributed by atoms with van der Waals surface area (Å²) in [4.78, 5) is 17.0. The van der Waals surface area contributed by atoms with Gasteiger partial charge in [0, 0.05) is 54.4 Å². The first-order valence-electron chi connectivity index (χ1n) is 28.0. The van der Waals surface area contributed by atoms with Crippen molar-refractivity contribution in [3.05, 3.63) is 240 Å². The normalized spacial score (nSPS) is 14.0. The molecule has 6 nitrogen and oxygen atoms in total. The Balaban J connectivity index is 0.969.